The van der Waals surface area contributed by atoms with Crippen molar-refractivity contribution in [2.45, 2.75) is 38.6 Å². The van der Waals surface area contributed by atoms with Gasteiger partial charge in [0.1, 0.15) is 5.54 Å². The minimum absolute atomic E-state index is 0.0533. The van der Waals surface area contributed by atoms with Crippen LogP contribution in [0.1, 0.15) is 33.1 Å². The molecule has 20 heavy (non-hydrogen) atoms. The van der Waals surface area contributed by atoms with Gasteiger partial charge in [-0.2, -0.15) is 5.26 Å². The fourth-order valence-electron chi connectivity index (χ4n) is 2.15. The normalized spacial score (nSPS) is 18.5. The highest BCUT2D eigenvalue weighted by atomic mass is 16.2. The molecular formula is C14H25N4O2+. The number of quaternary nitrogens is 1. The van der Waals surface area contributed by atoms with Crippen LogP contribution < -0.4 is 15.5 Å². The Hall–Kier alpha value is -1.61. The van der Waals surface area contributed by atoms with E-state index >= 15 is 0 Å². The van der Waals surface area contributed by atoms with E-state index in [1.165, 1.54) is 0 Å². The van der Waals surface area contributed by atoms with Crippen molar-refractivity contribution in [3.05, 3.63) is 0 Å². The number of carbonyl (C=O) groups is 2. The van der Waals surface area contributed by atoms with Crippen LogP contribution in [0.3, 0.4) is 0 Å². The number of hydrogen-bond donors (Lipinski definition) is 3. The van der Waals surface area contributed by atoms with Crippen molar-refractivity contribution in [3.8, 4) is 6.07 Å². The highest BCUT2D eigenvalue weighted by Crippen LogP contribution is 2.38. The largest absolute Gasteiger partial charge is 0.351 e. The zero-order chi connectivity index (χ0) is 15.2. The van der Waals surface area contributed by atoms with Gasteiger partial charge in [-0.05, 0) is 32.1 Å². The Balaban J connectivity index is 2.34. The molecule has 6 heteroatoms. The summed E-state index contributed by atoms with van der Waals surface area (Å²) >= 11 is 0. The van der Waals surface area contributed by atoms with Crippen molar-refractivity contribution in [1.29, 1.82) is 5.26 Å². The molecule has 0 aliphatic heterocycles. The summed E-state index contributed by atoms with van der Waals surface area (Å²) in [6.07, 6.45) is 2.88. The van der Waals surface area contributed by atoms with E-state index in [0.29, 0.717) is 6.54 Å². The fraction of sp³-hybridized carbons (Fsp3) is 0.786. The highest BCUT2D eigenvalue weighted by Gasteiger charge is 2.43. The van der Waals surface area contributed by atoms with E-state index in [4.69, 9.17) is 0 Å². The Bertz CT molecular complexity index is 400. The summed E-state index contributed by atoms with van der Waals surface area (Å²) in [6.45, 7) is 4.88. The van der Waals surface area contributed by atoms with Crippen LogP contribution in [0.4, 0.5) is 0 Å². The van der Waals surface area contributed by atoms with Gasteiger partial charge in [-0.1, -0.05) is 6.92 Å². The van der Waals surface area contributed by atoms with Crippen molar-refractivity contribution in [2.75, 3.05) is 26.7 Å². The van der Waals surface area contributed by atoms with Crippen LogP contribution in [-0.4, -0.2) is 44.0 Å². The predicted octanol–water partition coefficient (Wildman–Crippen LogP) is -1.16. The molecule has 2 atom stereocenters. The number of hydrogen-bond acceptors (Lipinski definition) is 3. The van der Waals surface area contributed by atoms with Gasteiger partial charge >= 0.3 is 0 Å². The average Bonchev–Trinajstić information content (AvgIpc) is 3.20. The molecule has 1 rings (SSSR count). The van der Waals surface area contributed by atoms with Crippen LogP contribution >= 0.6 is 0 Å². The van der Waals surface area contributed by atoms with Crippen molar-refractivity contribution >= 4 is 11.8 Å². The SMILES string of the molecule is CCCNC(=O)C[NH+](C)CC(=O)N[C@](C)(C#N)C1CC1. The Morgan fingerprint density at radius 3 is 2.45 bits per heavy atom. The summed E-state index contributed by atoms with van der Waals surface area (Å²) in [4.78, 5) is 24.3. The lowest BCUT2D eigenvalue weighted by Gasteiger charge is -2.23. The van der Waals surface area contributed by atoms with Crippen LogP contribution in [0.25, 0.3) is 0 Å². The maximum atomic E-state index is 11.9. The summed E-state index contributed by atoms with van der Waals surface area (Å²) in [5.41, 5.74) is -0.762. The smallest absolute Gasteiger partial charge is 0.276 e. The molecule has 112 valence electrons. The van der Waals surface area contributed by atoms with Gasteiger partial charge in [-0.25, -0.2) is 0 Å². The maximum Gasteiger partial charge on any atom is 0.276 e. The van der Waals surface area contributed by atoms with Crippen molar-refractivity contribution < 1.29 is 14.5 Å². The molecule has 0 heterocycles. The molecule has 1 unspecified atom stereocenters. The predicted molar refractivity (Wildman–Crippen MR) is 74.8 cm³/mol. The number of nitrogens with one attached hydrogen (secondary N) is 3. The third-order valence-corrected chi connectivity index (χ3v) is 3.52. The summed E-state index contributed by atoms with van der Waals surface area (Å²) in [7, 11) is 1.80. The number of carbonyl (C=O) groups excluding carboxylic acids is 2. The van der Waals surface area contributed by atoms with E-state index in [0.717, 1.165) is 24.2 Å². The molecular weight excluding hydrogens is 256 g/mol. The molecule has 1 aliphatic carbocycles. The first-order chi connectivity index (χ1) is 9.41. The Labute approximate surface area is 120 Å². The fourth-order valence-corrected chi connectivity index (χ4v) is 2.15. The van der Waals surface area contributed by atoms with Gasteiger partial charge in [0.05, 0.1) is 13.1 Å². The van der Waals surface area contributed by atoms with E-state index in [9.17, 15) is 14.9 Å². The molecule has 0 aromatic rings. The van der Waals surface area contributed by atoms with E-state index in [-0.39, 0.29) is 30.8 Å². The van der Waals surface area contributed by atoms with Crippen LogP contribution in [0.15, 0.2) is 0 Å². The lowest BCUT2D eigenvalue weighted by Crippen LogP contribution is -3.11. The molecule has 1 fully saturated rings. The monoisotopic (exact) mass is 281 g/mol. The quantitative estimate of drug-likeness (QED) is 0.524. The first kappa shape index (κ1) is 16.4. The van der Waals surface area contributed by atoms with Gasteiger partial charge in [-0.15, -0.1) is 0 Å². The topological polar surface area (TPSA) is 86.4 Å². The van der Waals surface area contributed by atoms with Crippen LogP contribution in [0.2, 0.25) is 0 Å². The van der Waals surface area contributed by atoms with E-state index in [1.54, 1.807) is 14.0 Å². The van der Waals surface area contributed by atoms with Crippen molar-refractivity contribution in [1.82, 2.24) is 10.6 Å². The summed E-state index contributed by atoms with van der Waals surface area (Å²) in [6, 6.07) is 2.19. The zero-order valence-corrected chi connectivity index (χ0v) is 12.6. The zero-order valence-electron chi connectivity index (χ0n) is 12.6. The van der Waals surface area contributed by atoms with Crippen molar-refractivity contribution in [3.63, 3.8) is 0 Å². The third-order valence-electron chi connectivity index (χ3n) is 3.52. The Morgan fingerprint density at radius 2 is 1.95 bits per heavy atom. The minimum Gasteiger partial charge on any atom is -0.351 e. The number of nitrogens with zero attached hydrogens (tertiary/aromatic N) is 1. The Morgan fingerprint density at radius 1 is 1.35 bits per heavy atom. The van der Waals surface area contributed by atoms with E-state index < -0.39 is 5.54 Å². The molecule has 3 N–H and O–H groups in total. The second-order valence-electron chi connectivity index (χ2n) is 5.80. The van der Waals surface area contributed by atoms with Gasteiger partial charge in [0, 0.05) is 6.54 Å². The van der Waals surface area contributed by atoms with E-state index in [2.05, 4.69) is 16.7 Å². The molecule has 2 amide bonds. The summed E-state index contributed by atoms with van der Waals surface area (Å²) in [5, 5.41) is 14.8. The first-order valence-corrected chi connectivity index (χ1v) is 7.21. The molecule has 0 bridgehead atoms. The standard InChI is InChI=1S/C14H24N4O2/c1-4-7-16-12(19)8-18(3)9-13(20)17-14(2,10-15)11-5-6-11/h11H,4-9H2,1-3H3,(H,16,19)(H,17,20)/p+1/t14-/m1/s1. The molecule has 0 radical (unpaired) electrons. The molecule has 1 aliphatic rings. The highest BCUT2D eigenvalue weighted by molar-refractivity contribution is 5.79. The van der Waals surface area contributed by atoms with Crippen LogP contribution in [-0.2, 0) is 9.59 Å². The minimum atomic E-state index is -0.762. The average molecular weight is 281 g/mol. The molecule has 1 saturated carbocycles. The first-order valence-electron chi connectivity index (χ1n) is 7.21. The van der Waals surface area contributed by atoms with Gasteiger partial charge < -0.3 is 15.5 Å². The number of amides is 2. The molecule has 0 saturated heterocycles. The second-order valence-corrected chi connectivity index (χ2v) is 5.80. The molecule has 6 nitrogen and oxygen atoms in total. The van der Waals surface area contributed by atoms with Crippen molar-refractivity contribution in [2.24, 2.45) is 5.92 Å². The molecule has 0 aromatic carbocycles. The summed E-state index contributed by atoms with van der Waals surface area (Å²) < 4.78 is 0. The lowest BCUT2D eigenvalue weighted by atomic mass is 9.98. The molecule has 0 aromatic heterocycles. The maximum absolute atomic E-state index is 11.9. The van der Waals surface area contributed by atoms with E-state index in [1.807, 2.05) is 6.92 Å². The lowest BCUT2D eigenvalue weighted by molar-refractivity contribution is -0.862. The van der Waals surface area contributed by atoms with Crippen LogP contribution in [0, 0.1) is 17.2 Å². The van der Waals surface area contributed by atoms with Crippen LogP contribution in [0.5, 0.6) is 0 Å². The molecule has 0 spiro atoms. The van der Waals surface area contributed by atoms with Gasteiger partial charge in [0.2, 0.25) is 0 Å². The van der Waals surface area contributed by atoms with Gasteiger partial charge in [-0.3, -0.25) is 9.59 Å². The van der Waals surface area contributed by atoms with Gasteiger partial charge in [0.25, 0.3) is 11.8 Å². The number of likely N-dealkylation sites (N-methyl/N-ethyl adjacent to an activating group) is 1. The second kappa shape index (κ2) is 7.25. The third kappa shape index (κ3) is 5.17. The number of nitriles is 1. The van der Waals surface area contributed by atoms with Gasteiger partial charge in [0.15, 0.2) is 13.1 Å². The number of rotatable bonds is 8. The summed E-state index contributed by atoms with van der Waals surface area (Å²) in [5.74, 6) is 0.0359. The Kier molecular flexibility index (Phi) is 5.96.